The maximum Gasteiger partial charge on any atom is 0.181 e. The molecule has 2 rings (SSSR count). The fourth-order valence-corrected chi connectivity index (χ4v) is 2.61. The topological polar surface area (TPSA) is 63.8 Å². The van der Waals surface area contributed by atoms with Crippen LogP contribution in [-0.4, -0.2) is 33.5 Å². The van der Waals surface area contributed by atoms with Gasteiger partial charge >= 0.3 is 0 Å². The molecule has 0 fully saturated rings. The lowest BCUT2D eigenvalue weighted by atomic mass is 9.90. The number of fused-ring (bicyclic) bond motifs is 1. The Labute approximate surface area is 130 Å². The Balaban J connectivity index is 2.41. The van der Waals surface area contributed by atoms with E-state index in [-0.39, 0.29) is 24.2 Å². The van der Waals surface area contributed by atoms with Crippen LogP contribution in [0, 0.1) is 18.8 Å². The Morgan fingerprint density at radius 3 is 2.77 bits per heavy atom. The fraction of sp³-hybridized carbons (Fsp3) is 0.529. The molecule has 0 aliphatic heterocycles. The summed E-state index contributed by atoms with van der Waals surface area (Å²) >= 11 is 0. The second-order valence-electron chi connectivity index (χ2n) is 5.86. The number of ketones is 1. The molecule has 0 unspecified atom stereocenters. The third-order valence-corrected chi connectivity index (χ3v) is 3.98. The van der Waals surface area contributed by atoms with E-state index < -0.39 is 0 Å². The number of rotatable bonds is 7. The molecular formula is C17H24N2O3. The predicted molar refractivity (Wildman–Crippen MR) is 85.5 cm³/mol. The van der Waals surface area contributed by atoms with Crippen LogP contribution in [0.2, 0.25) is 0 Å². The first kappa shape index (κ1) is 16.5. The zero-order chi connectivity index (χ0) is 16.3. The molecule has 0 saturated heterocycles. The molecule has 0 saturated carbocycles. The lowest BCUT2D eigenvalue weighted by Gasteiger charge is -2.17. The van der Waals surface area contributed by atoms with E-state index in [1.807, 2.05) is 46.0 Å². The number of pyridine rings is 1. The van der Waals surface area contributed by atoms with Crippen molar-refractivity contribution in [3.05, 3.63) is 29.7 Å². The molecule has 5 nitrogen and oxygen atoms in total. The van der Waals surface area contributed by atoms with Gasteiger partial charge in [-0.3, -0.25) is 9.20 Å². The second kappa shape index (κ2) is 6.92. The highest BCUT2D eigenvalue weighted by atomic mass is 16.5. The molecule has 2 heterocycles. The number of aromatic nitrogens is 2. The molecule has 1 N–H and O–H groups in total. The number of aliphatic hydroxyl groups is 1. The van der Waals surface area contributed by atoms with Gasteiger partial charge in [0.25, 0.3) is 0 Å². The number of aryl methyl sites for hydroxylation is 1. The highest BCUT2D eigenvalue weighted by Crippen LogP contribution is 2.25. The van der Waals surface area contributed by atoms with Crippen LogP contribution in [0.1, 0.15) is 43.4 Å². The molecule has 0 radical (unpaired) electrons. The summed E-state index contributed by atoms with van der Waals surface area (Å²) in [5.74, 6) is 0.904. The molecule has 0 aliphatic rings. The molecule has 22 heavy (non-hydrogen) atoms. The summed E-state index contributed by atoms with van der Waals surface area (Å²) < 4.78 is 7.36. The maximum absolute atomic E-state index is 12.7. The van der Waals surface area contributed by atoms with Gasteiger partial charge in [0, 0.05) is 19.2 Å². The number of aliphatic hydroxyl groups excluding tert-OH is 1. The Morgan fingerprint density at radius 1 is 1.45 bits per heavy atom. The van der Waals surface area contributed by atoms with Gasteiger partial charge in [-0.25, -0.2) is 4.98 Å². The van der Waals surface area contributed by atoms with Crippen molar-refractivity contribution in [2.75, 3.05) is 13.2 Å². The highest BCUT2D eigenvalue weighted by molar-refractivity contribution is 5.96. The number of hydrogen-bond acceptors (Lipinski definition) is 4. The molecule has 0 aliphatic carbocycles. The molecule has 120 valence electrons. The average Bonchev–Trinajstić information content (AvgIpc) is 2.81. The van der Waals surface area contributed by atoms with Crippen molar-refractivity contribution in [3.63, 3.8) is 0 Å². The lowest BCUT2D eigenvalue weighted by Crippen LogP contribution is -2.19. The quantitative estimate of drug-likeness (QED) is 0.799. The van der Waals surface area contributed by atoms with Crippen molar-refractivity contribution in [2.24, 2.45) is 11.8 Å². The summed E-state index contributed by atoms with van der Waals surface area (Å²) in [6.45, 7) is 8.35. The Bertz CT molecular complexity index is 661. The Morgan fingerprint density at radius 2 is 2.18 bits per heavy atom. The first-order chi connectivity index (χ1) is 10.5. The number of hydrogen-bond donors (Lipinski definition) is 1. The summed E-state index contributed by atoms with van der Waals surface area (Å²) in [6.07, 6.45) is 2.15. The number of imidazole rings is 1. The second-order valence-corrected chi connectivity index (χ2v) is 5.86. The van der Waals surface area contributed by atoms with E-state index in [1.165, 1.54) is 0 Å². The van der Waals surface area contributed by atoms with Crippen molar-refractivity contribution in [2.45, 2.75) is 34.1 Å². The Hall–Kier alpha value is -1.88. The van der Waals surface area contributed by atoms with Gasteiger partial charge < -0.3 is 9.84 Å². The van der Waals surface area contributed by atoms with Gasteiger partial charge in [-0.2, -0.15) is 0 Å². The van der Waals surface area contributed by atoms with E-state index in [4.69, 9.17) is 4.74 Å². The fourth-order valence-electron chi connectivity index (χ4n) is 2.61. The molecule has 0 aromatic carbocycles. The van der Waals surface area contributed by atoms with E-state index in [2.05, 4.69) is 4.98 Å². The molecule has 2 aromatic rings. The number of ether oxygens (including phenoxy) is 1. The van der Waals surface area contributed by atoms with Gasteiger partial charge in [-0.05, 0) is 37.8 Å². The standard InChI is InChI=1S/C17H24N2O3/c1-5-22-15-7-6-8-19-16(12(4)18-17(15)19)14(21)9-13(10-20)11(2)3/h6-8,11,13,20H,5,9-10H2,1-4H3/t13-/m0/s1. The third-order valence-electron chi connectivity index (χ3n) is 3.98. The first-order valence-corrected chi connectivity index (χ1v) is 7.74. The number of nitrogens with zero attached hydrogens (tertiary/aromatic N) is 2. The van der Waals surface area contributed by atoms with Crippen LogP contribution >= 0.6 is 0 Å². The molecule has 5 heteroatoms. The summed E-state index contributed by atoms with van der Waals surface area (Å²) in [4.78, 5) is 17.2. The minimum absolute atomic E-state index is 0.00592. The maximum atomic E-state index is 12.7. The normalized spacial score (nSPS) is 12.8. The van der Waals surface area contributed by atoms with Crippen molar-refractivity contribution in [1.82, 2.24) is 9.38 Å². The Kier molecular flexibility index (Phi) is 5.19. The molecule has 0 amide bonds. The predicted octanol–water partition coefficient (Wildman–Crippen LogP) is 2.88. The van der Waals surface area contributed by atoms with E-state index in [9.17, 15) is 9.90 Å². The van der Waals surface area contributed by atoms with Gasteiger partial charge in [-0.15, -0.1) is 0 Å². The van der Waals surface area contributed by atoms with E-state index in [1.54, 1.807) is 4.40 Å². The number of Topliss-reactive ketones (excluding diaryl/α,β-unsaturated/α-hetero) is 1. The van der Waals surface area contributed by atoms with Crippen molar-refractivity contribution >= 4 is 11.4 Å². The third kappa shape index (κ3) is 3.14. The van der Waals surface area contributed by atoms with Crippen molar-refractivity contribution in [1.29, 1.82) is 0 Å². The SMILES string of the molecule is CCOc1cccn2c(C(=O)C[C@@H](CO)C(C)C)c(C)nc12. The highest BCUT2D eigenvalue weighted by Gasteiger charge is 2.23. The van der Waals surface area contributed by atoms with Crippen LogP contribution in [0.3, 0.4) is 0 Å². The van der Waals surface area contributed by atoms with Crippen LogP contribution in [-0.2, 0) is 0 Å². The first-order valence-electron chi connectivity index (χ1n) is 7.74. The summed E-state index contributed by atoms with van der Waals surface area (Å²) in [7, 11) is 0. The molecule has 2 aromatic heterocycles. The largest absolute Gasteiger partial charge is 0.490 e. The van der Waals surface area contributed by atoms with Crippen molar-refractivity contribution < 1.29 is 14.6 Å². The van der Waals surface area contributed by atoms with Gasteiger partial charge in [0.15, 0.2) is 17.2 Å². The van der Waals surface area contributed by atoms with Gasteiger partial charge in [0.1, 0.15) is 5.69 Å². The average molecular weight is 304 g/mol. The monoisotopic (exact) mass is 304 g/mol. The van der Waals surface area contributed by atoms with E-state index in [0.29, 0.717) is 35.8 Å². The van der Waals surface area contributed by atoms with Gasteiger partial charge in [0.2, 0.25) is 0 Å². The number of carbonyl (C=O) groups is 1. The summed E-state index contributed by atoms with van der Waals surface area (Å²) in [6, 6.07) is 3.70. The van der Waals surface area contributed by atoms with E-state index >= 15 is 0 Å². The summed E-state index contributed by atoms with van der Waals surface area (Å²) in [5, 5.41) is 9.44. The zero-order valence-electron chi connectivity index (χ0n) is 13.7. The smallest absolute Gasteiger partial charge is 0.181 e. The molecule has 0 bridgehead atoms. The van der Waals surface area contributed by atoms with E-state index in [0.717, 1.165) is 0 Å². The molecular weight excluding hydrogens is 280 g/mol. The minimum Gasteiger partial charge on any atom is -0.490 e. The van der Waals surface area contributed by atoms with Gasteiger partial charge in [-0.1, -0.05) is 13.8 Å². The van der Waals surface area contributed by atoms with Crippen LogP contribution < -0.4 is 4.74 Å². The van der Waals surface area contributed by atoms with Crippen LogP contribution in [0.15, 0.2) is 18.3 Å². The minimum atomic E-state index is -0.0347. The van der Waals surface area contributed by atoms with Crippen LogP contribution in [0.5, 0.6) is 5.75 Å². The lowest BCUT2D eigenvalue weighted by molar-refractivity contribution is 0.0901. The molecule has 0 spiro atoms. The zero-order valence-corrected chi connectivity index (χ0v) is 13.7. The van der Waals surface area contributed by atoms with Crippen molar-refractivity contribution in [3.8, 4) is 5.75 Å². The van der Waals surface area contributed by atoms with Crippen LogP contribution in [0.4, 0.5) is 0 Å². The molecule has 1 atom stereocenters. The number of carbonyl (C=O) groups excluding carboxylic acids is 1. The van der Waals surface area contributed by atoms with Crippen LogP contribution in [0.25, 0.3) is 5.65 Å². The summed E-state index contributed by atoms with van der Waals surface area (Å²) in [5.41, 5.74) is 1.93. The van der Waals surface area contributed by atoms with Gasteiger partial charge in [0.05, 0.1) is 12.3 Å².